The molecule has 0 amide bonds. The summed E-state index contributed by atoms with van der Waals surface area (Å²) in [6.07, 6.45) is -7.62. The van der Waals surface area contributed by atoms with Gasteiger partial charge in [0.15, 0.2) is 0 Å². The topological polar surface area (TPSA) is 12.9 Å². The lowest BCUT2D eigenvalue weighted by Crippen LogP contribution is -2.10. The minimum atomic E-state index is -4.73. The second-order valence-electron chi connectivity index (χ2n) is 4.99. The van der Waals surface area contributed by atoms with Crippen LogP contribution in [-0.4, -0.2) is 4.98 Å². The number of unbranched alkanes of at least 4 members (excludes halogenated alkanes) is 1. The van der Waals surface area contributed by atoms with Crippen molar-refractivity contribution in [1.29, 1.82) is 0 Å². The molecule has 0 radical (unpaired) electrons. The van der Waals surface area contributed by atoms with Crippen LogP contribution in [0.2, 0.25) is 0 Å². The summed E-state index contributed by atoms with van der Waals surface area (Å²) < 4.78 is 77.5. The van der Waals surface area contributed by atoms with Gasteiger partial charge in [0.2, 0.25) is 0 Å². The molecule has 0 unspecified atom stereocenters. The van der Waals surface area contributed by atoms with Gasteiger partial charge in [-0.1, -0.05) is 13.3 Å². The van der Waals surface area contributed by atoms with Crippen LogP contribution in [0.3, 0.4) is 0 Å². The van der Waals surface area contributed by atoms with E-state index >= 15 is 0 Å². The number of aryl methyl sites for hydroxylation is 1. The number of rotatable bonds is 3. The first kappa shape index (κ1) is 16.6. The molecule has 2 aromatic rings. The third-order valence-electron chi connectivity index (χ3n) is 3.28. The average molecular weight is 321 g/mol. The minimum Gasteiger partial charge on any atom is -0.253 e. The van der Waals surface area contributed by atoms with Crippen molar-refractivity contribution in [3.63, 3.8) is 0 Å². The second-order valence-corrected chi connectivity index (χ2v) is 4.99. The SMILES string of the molecule is CCCCc1cc(C(F)(F)F)c2cc(C(F)(F)F)ccc2n1. The highest BCUT2D eigenvalue weighted by Gasteiger charge is 2.35. The standard InChI is InChI=1S/C15H13F6N/c1-2-3-4-10-8-12(15(19,20)21)11-7-9(14(16,17)18)5-6-13(11)22-10/h5-8H,2-4H2,1H3. The van der Waals surface area contributed by atoms with Crippen molar-refractivity contribution in [1.82, 2.24) is 4.98 Å². The Kier molecular flexibility index (Phi) is 4.35. The molecule has 22 heavy (non-hydrogen) atoms. The normalized spacial score (nSPS) is 12.9. The number of alkyl halides is 6. The maximum absolute atomic E-state index is 13.1. The van der Waals surface area contributed by atoms with Gasteiger partial charge in [0.25, 0.3) is 0 Å². The number of nitrogens with zero attached hydrogens (tertiary/aromatic N) is 1. The van der Waals surface area contributed by atoms with E-state index in [1.165, 1.54) is 0 Å². The third-order valence-corrected chi connectivity index (χ3v) is 3.28. The summed E-state index contributed by atoms with van der Waals surface area (Å²) in [7, 11) is 0. The molecule has 0 aliphatic carbocycles. The number of hydrogen-bond acceptors (Lipinski definition) is 1. The average Bonchev–Trinajstić information content (AvgIpc) is 2.41. The van der Waals surface area contributed by atoms with Crippen molar-refractivity contribution in [3.05, 3.63) is 41.1 Å². The Morgan fingerprint density at radius 1 is 0.955 bits per heavy atom. The zero-order valence-corrected chi connectivity index (χ0v) is 11.6. The van der Waals surface area contributed by atoms with E-state index in [4.69, 9.17) is 0 Å². The van der Waals surface area contributed by atoms with Gasteiger partial charge in [0.05, 0.1) is 16.6 Å². The zero-order chi connectivity index (χ0) is 16.5. The molecule has 0 aliphatic rings. The van der Waals surface area contributed by atoms with Crippen LogP contribution in [0.1, 0.15) is 36.6 Å². The number of fused-ring (bicyclic) bond motifs is 1. The van der Waals surface area contributed by atoms with Crippen LogP contribution >= 0.6 is 0 Å². The molecule has 0 bridgehead atoms. The van der Waals surface area contributed by atoms with E-state index in [1.54, 1.807) is 0 Å². The van der Waals surface area contributed by atoms with Crippen molar-refractivity contribution in [2.24, 2.45) is 0 Å². The lowest BCUT2D eigenvalue weighted by atomic mass is 10.0. The molecule has 2 rings (SSSR count). The van der Waals surface area contributed by atoms with E-state index in [0.717, 1.165) is 24.6 Å². The fraction of sp³-hybridized carbons (Fsp3) is 0.400. The van der Waals surface area contributed by atoms with E-state index in [0.29, 0.717) is 18.9 Å². The van der Waals surface area contributed by atoms with E-state index in [2.05, 4.69) is 4.98 Å². The van der Waals surface area contributed by atoms with Gasteiger partial charge in [-0.05, 0) is 37.1 Å². The molecule has 1 nitrogen and oxygen atoms in total. The predicted molar refractivity (Wildman–Crippen MR) is 70.4 cm³/mol. The largest absolute Gasteiger partial charge is 0.417 e. The van der Waals surface area contributed by atoms with Gasteiger partial charge in [-0.2, -0.15) is 26.3 Å². The van der Waals surface area contributed by atoms with Crippen LogP contribution in [0.15, 0.2) is 24.3 Å². The van der Waals surface area contributed by atoms with Crippen molar-refractivity contribution < 1.29 is 26.3 Å². The summed E-state index contributed by atoms with van der Waals surface area (Å²) in [6, 6.07) is 3.09. The number of halogens is 6. The summed E-state index contributed by atoms with van der Waals surface area (Å²) >= 11 is 0. The Labute approximate surface area is 123 Å². The molecule has 0 fully saturated rings. The molecule has 7 heteroatoms. The quantitative estimate of drug-likeness (QED) is 0.669. The van der Waals surface area contributed by atoms with Crippen molar-refractivity contribution in [2.45, 2.75) is 38.5 Å². The fourth-order valence-electron chi connectivity index (χ4n) is 2.18. The van der Waals surface area contributed by atoms with Crippen LogP contribution in [0.25, 0.3) is 10.9 Å². The molecule has 1 aromatic heterocycles. The Morgan fingerprint density at radius 2 is 1.64 bits per heavy atom. The van der Waals surface area contributed by atoms with Gasteiger partial charge in [0.1, 0.15) is 0 Å². The van der Waals surface area contributed by atoms with E-state index in [1.807, 2.05) is 6.92 Å². The molecule has 0 atom stereocenters. The van der Waals surface area contributed by atoms with Crippen LogP contribution in [0.5, 0.6) is 0 Å². The molecular formula is C15H13F6N. The summed E-state index contributed by atoms with van der Waals surface area (Å²) in [6.45, 7) is 1.89. The van der Waals surface area contributed by atoms with Gasteiger partial charge >= 0.3 is 12.4 Å². The maximum atomic E-state index is 13.1. The number of pyridine rings is 1. The molecule has 120 valence electrons. The first-order valence-corrected chi connectivity index (χ1v) is 6.71. The van der Waals surface area contributed by atoms with E-state index in [-0.39, 0.29) is 11.2 Å². The van der Waals surface area contributed by atoms with Gasteiger partial charge in [-0.3, -0.25) is 4.98 Å². The highest BCUT2D eigenvalue weighted by Crippen LogP contribution is 2.38. The van der Waals surface area contributed by atoms with Crippen LogP contribution in [-0.2, 0) is 18.8 Å². The van der Waals surface area contributed by atoms with Gasteiger partial charge < -0.3 is 0 Å². The lowest BCUT2D eigenvalue weighted by Gasteiger charge is -2.14. The smallest absolute Gasteiger partial charge is 0.253 e. The summed E-state index contributed by atoms with van der Waals surface area (Å²) in [5.74, 6) is 0. The molecule has 0 spiro atoms. The zero-order valence-electron chi connectivity index (χ0n) is 11.6. The van der Waals surface area contributed by atoms with Crippen LogP contribution in [0.4, 0.5) is 26.3 Å². The van der Waals surface area contributed by atoms with Gasteiger partial charge in [0, 0.05) is 11.1 Å². The molecular weight excluding hydrogens is 308 g/mol. The van der Waals surface area contributed by atoms with E-state index < -0.39 is 28.9 Å². The summed E-state index contributed by atoms with van der Waals surface area (Å²) in [5, 5.41) is -0.525. The van der Waals surface area contributed by atoms with Crippen molar-refractivity contribution in [2.75, 3.05) is 0 Å². The van der Waals surface area contributed by atoms with Crippen LogP contribution < -0.4 is 0 Å². The first-order chi connectivity index (χ1) is 10.1. The first-order valence-electron chi connectivity index (χ1n) is 6.71. The predicted octanol–water partition coefficient (Wildman–Crippen LogP) is 5.62. The summed E-state index contributed by atoms with van der Waals surface area (Å²) in [4.78, 5) is 4.04. The molecule has 0 saturated carbocycles. The second kappa shape index (κ2) is 5.78. The third kappa shape index (κ3) is 3.51. The molecule has 1 aromatic carbocycles. The van der Waals surface area contributed by atoms with E-state index in [9.17, 15) is 26.3 Å². The van der Waals surface area contributed by atoms with Crippen LogP contribution in [0, 0.1) is 0 Å². The maximum Gasteiger partial charge on any atom is 0.417 e. The molecule has 0 N–H and O–H groups in total. The Hall–Kier alpha value is -1.79. The monoisotopic (exact) mass is 321 g/mol. The molecule has 0 saturated heterocycles. The minimum absolute atomic E-state index is 0.0751. The molecule has 1 heterocycles. The number of aromatic nitrogens is 1. The highest BCUT2D eigenvalue weighted by molar-refractivity contribution is 5.83. The summed E-state index contributed by atoms with van der Waals surface area (Å²) in [5.41, 5.74) is -2.03. The fourth-order valence-corrected chi connectivity index (χ4v) is 2.18. The van der Waals surface area contributed by atoms with Gasteiger partial charge in [-0.25, -0.2) is 0 Å². The number of benzene rings is 1. The van der Waals surface area contributed by atoms with Gasteiger partial charge in [-0.15, -0.1) is 0 Å². The Balaban J connectivity index is 2.66. The van der Waals surface area contributed by atoms with Crippen molar-refractivity contribution in [3.8, 4) is 0 Å². The number of hydrogen-bond donors (Lipinski definition) is 0. The highest BCUT2D eigenvalue weighted by atomic mass is 19.4. The Bertz CT molecular complexity index is 672. The lowest BCUT2D eigenvalue weighted by molar-refractivity contribution is -0.139. The molecule has 0 aliphatic heterocycles. The Morgan fingerprint density at radius 3 is 2.18 bits per heavy atom. The van der Waals surface area contributed by atoms with Crippen molar-refractivity contribution >= 4 is 10.9 Å².